The first kappa shape index (κ1) is 18.5. The van der Waals surface area contributed by atoms with E-state index in [9.17, 15) is 9.59 Å². The van der Waals surface area contributed by atoms with Crippen LogP contribution in [0.25, 0.3) is 0 Å². The van der Waals surface area contributed by atoms with Crippen LogP contribution in [0.15, 0.2) is 0 Å². The molecule has 3 amide bonds. The summed E-state index contributed by atoms with van der Waals surface area (Å²) in [6.45, 7) is 8.37. The smallest absolute Gasteiger partial charge is 0.410 e. The highest BCUT2D eigenvalue weighted by atomic mass is 16.6. The SMILES string of the molecule is CN(C)C(=O)NCCNC1CCN(C(=O)OC(C)(C)C)CC1. The molecule has 1 aliphatic rings. The third kappa shape index (κ3) is 6.98. The molecule has 1 rings (SSSR count). The highest BCUT2D eigenvalue weighted by Crippen LogP contribution is 2.15. The Morgan fingerprint density at radius 1 is 1.18 bits per heavy atom. The molecule has 0 spiro atoms. The molecule has 0 unspecified atom stereocenters. The summed E-state index contributed by atoms with van der Waals surface area (Å²) in [6, 6.07) is 0.302. The van der Waals surface area contributed by atoms with Crippen molar-refractivity contribution in [1.82, 2.24) is 20.4 Å². The molecule has 22 heavy (non-hydrogen) atoms. The second-order valence-electron chi connectivity index (χ2n) is 6.82. The summed E-state index contributed by atoms with van der Waals surface area (Å²) in [5, 5.41) is 6.23. The largest absolute Gasteiger partial charge is 0.444 e. The zero-order chi connectivity index (χ0) is 16.8. The molecule has 1 saturated heterocycles. The van der Waals surface area contributed by atoms with Crippen molar-refractivity contribution in [2.45, 2.75) is 45.3 Å². The number of likely N-dealkylation sites (tertiary alicyclic amines) is 1. The fraction of sp³-hybridized carbons (Fsp3) is 0.867. The number of rotatable bonds is 4. The molecule has 0 radical (unpaired) electrons. The van der Waals surface area contributed by atoms with E-state index in [1.807, 2.05) is 20.8 Å². The van der Waals surface area contributed by atoms with Gasteiger partial charge in [0, 0.05) is 46.3 Å². The van der Waals surface area contributed by atoms with E-state index in [1.165, 1.54) is 4.90 Å². The number of piperidine rings is 1. The molecule has 0 aromatic rings. The fourth-order valence-electron chi connectivity index (χ4n) is 2.20. The summed E-state index contributed by atoms with van der Waals surface area (Å²) in [5.41, 5.74) is -0.448. The van der Waals surface area contributed by atoms with Crippen LogP contribution in [0.1, 0.15) is 33.6 Å². The number of urea groups is 1. The lowest BCUT2D eigenvalue weighted by molar-refractivity contribution is 0.0198. The lowest BCUT2D eigenvalue weighted by atomic mass is 10.1. The summed E-state index contributed by atoms with van der Waals surface area (Å²) in [5.74, 6) is 0. The Morgan fingerprint density at radius 2 is 1.77 bits per heavy atom. The minimum Gasteiger partial charge on any atom is -0.444 e. The number of hydrogen-bond donors (Lipinski definition) is 2. The van der Waals surface area contributed by atoms with Crippen molar-refractivity contribution >= 4 is 12.1 Å². The third-order valence-electron chi connectivity index (χ3n) is 3.39. The van der Waals surface area contributed by atoms with Crippen molar-refractivity contribution in [1.29, 1.82) is 0 Å². The predicted octanol–water partition coefficient (Wildman–Crippen LogP) is 1.25. The monoisotopic (exact) mass is 314 g/mol. The first-order valence-corrected chi connectivity index (χ1v) is 7.85. The van der Waals surface area contributed by atoms with Gasteiger partial charge in [-0.3, -0.25) is 0 Å². The average Bonchev–Trinajstić information content (AvgIpc) is 2.42. The van der Waals surface area contributed by atoms with Crippen LogP contribution in [0.3, 0.4) is 0 Å². The Morgan fingerprint density at radius 3 is 2.27 bits per heavy atom. The number of carbonyl (C=O) groups excluding carboxylic acids is 2. The van der Waals surface area contributed by atoms with Gasteiger partial charge in [0.1, 0.15) is 5.60 Å². The number of nitrogens with zero attached hydrogens (tertiary/aromatic N) is 2. The molecule has 1 heterocycles. The summed E-state index contributed by atoms with van der Waals surface area (Å²) in [7, 11) is 3.43. The maximum Gasteiger partial charge on any atom is 0.410 e. The van der Waals surface area contributed by atoms with Gasteiger partial charge in [-0.1, -0.05) is 0 Å². The van der Waals surface area contributed by atoms with E-state index in [2.05, 4.69) is 10.6 Å². The van der Waals surface area contributed by atoms with Gasteiger partial charge in [0.05, 0.1) is 0 Å². The van der Waals surface area contributed by atoms with Gasteiger partial charge in [0.2, 0.25) is 0 Å². The molecule has 7 nitrogen and oxygen atoms in total. The number of carbonyl (C=O) groups is 2. The number of nitrogens with one attached hydrogen (secondary N) is 2. The van der Waals surface area contributed by atoms with Crippen molar-refractivity contribution in [3.8, 4) is 0 Å². The molecule has 0 aliphatic carbocycles. The van der Waals surface area contributed by atoms with E-state index in [-0.39, 0.29) is 12.1 Å². The van der Waals surface area contributed by atoms with Crippen LogP contribution < -0.4 is 10.6 Å². The predicted molar refractivity (Wildman–Crippen MR) is 85.9 cm³/mol. The molecule has 1 aliphatic heterocycles. The van der Waals surface area contributed by atoms with Crippen molar-refractivity contribution < 1.29 is 14.3 Å². The Bertz CT molecular complexity index is 371. The van der Waals surface area contributed by atoms with Gasteiger partial charge in [-0.2, -0.15) is 0 Å². The maximum atomic E-state index is 12.0. The molecule has 0 aromatic carbocycles. The minimum absolute atomic E-state index is 0.0819. The van der Waals surface area contributed by atoms with E-state index in [1.54, 1.807) is 19.0 Å². The summed E-state index contributed by atoms with van der Waals surface area (Å²) in [6.07, 6.45) is 1.58. The number of ether oxygens (including phenoxy) is 1. The van der Waals surface area contributed by atoms with Gasteiger partial charge < -0.3 is 25.2 Å². The van der Waals surface area contributed by atoms with Gasteiger partial charge in [-0.25, -0.2) is 9.59 Å². The maximum absolute atomic E-state index is 12.0. The number of amides is 3. The lowest BCUT2D eigenvalue weighted by Crippen LogP contribution is -2.48. The average molecular weight is 314 g/mol. The molecule has 128 valence electrons. The number of hydrogen-bond acceptors (Lipinski definition) is 4. The molecule has 2 N–H and O–H groups in total. The van der Waals surface area contributed by atoms with E-state index in [4.69, 9.17) is 4.74 Å². The molecule has 7 heteroatoms. The van der Waals surface area contributed by atoms with E-state index in [0.29, 0.717) is 25.7 Å². The first-order valence-electron chi connectivity index (χ1n) is 7.85. The molecular formula is C15H30N4O3. The Hall–Kier alpha value is -1.50. The molecule has 0 aromatic heterocycles. The molecule has 0 saturated carbocycles. The van der Waals surface area contributed by atoms with Crippen molar-refractivity contribution in [2.24, 2.45) is 0 Å². The summed E-state index contributed by atoms with van der Waals surface area (Å²) < 4.78 is 5.37. The van der Waals surface area contributed by atoms with Crippen LogP contribution in [-0.2, 0) is 4.74 Å². The van der Waals surface area contributed by atoms with Gasteiger partial charge in [-0.15, -0.1) is 0 Å². The van der Waals surface area contributed by atoms with Crippen LogP contribution in [-0.4, -0.2) is 73.8 Å². The zero-order valence-electron chi connectivity index (χ0n) is 14.4. The highest BCUT2D eigenvalue weighted by molar-refractivity contribution is 5.73. The molecular weight excluding hydrogens is 284 g/mol. The van der Waals surface area contributed by atoms with Crippen molar-refractivity contribution in [3.05, 3.63) is 0 Å². The minimum atomic E-state index is -0.448. The van der Waals surface area contributed by atoms with Gasteiger partial charge in [0.15, 0.2) is 0 Å². The van der Waals surface area contributed by atoms with Crippen LogP contribution in [0.4, 0.5) is 9.59 Å². The van der Waals surface area contributed by atoms with E-state index in [0.717, 1.165) is 19.4 Å². The lowest BCUT2D eigenvalue weighted by Gasteiger charge is -2.33. The van der Waals surface area contributed by atoms with Crippen molar-refractivity contribution in [3.63, 3.8) is 0 Å². The van der Waals surface area contributed by atoms with E-state index >= 15 is 0 Å². The summed E-state index contributed by atoms with van der Waals surface area (Å²) in [4.78, 5) is 26.6. The molecule has 1 fully saturated rings. The molecule has 0 bridgehead atoms. The second-order valence-corrected chi connectivity index (χ2v) is 6.82. The van der Waals surface area contributed by atoms with Crippen molar-refractivity contribution in [2.75, 3.05) is 40.3 Å². The van der Waals surface area contributed by atoms with Gasteiger partial charge >= 0.3 is 12.1 Å². The van der Waals surface area contributed by atoms with Gasteiger partial charge in [0.25, 0.3) is 0 Å². The second kappa shape index (κ2) is 8.22. The Balaban J connectivity index is 2.17. The third-order valence-corrected chi connectivity index (χ3v) is 3.39. The highest BCUT2D eigenvalue weighted by Gasteiger charge is 2.26. The van der Waals surface area contributed by atoms with Crippen LogP contribution in [0.2, 0.25) is 0 Å². The standard InChI is InChI=1S/C15H30N4O3/c1-15(2,3)22-14(21)19-10-6-12(7-11-19)16-8-9-17-13(20)18(4)5/h12,16H,6-11H2,1-5H3,(H,17,20). The summed E-state index contributed by atoms with van der Waals surface area (Å²) >= 11 is 0. The van der Waals surface area contributed by atoms with Crippen LogP contribution in [0, 0.1) is 0 Å². The zero-order valence-corrected chi connectivity index (χ0v) is 14.4. The topological polar surface area (TPSA) is 73.9 Å². The fourth-order valence-corrected chi connectivity index (χ4v) is 2.20. The molecule has 0 atom stereocenters. The normalized spacial score (nSPS) is 16.3. The Kier molecular flexibility index (Phi) is 6.93. The van der Waals surface area contributed by atoms with Crippen LogP contribution >= 0.6 is 0 Å². The van der Waals surface area contributed by atoms with Gasteiger partial charge in [-0.05, 0) is 33.6 Å². The quantitative estimate of drug-likeness (QED) is 0.766. The van der Waals surface area contributed by atoms with Crippen LogP contribution in [0.5, 0.6) is 0 Å². The van der Waals surface area contributed by atoms with E-state index < -0.39 is 5.60 Å². The Labute approximate surface area is 133 Å². The first-order chi connectivity index (χ1) is 10.2.